The number of rotatable bonds is 7. The van der Waals surface area contributed by atoms with Crippen molar-refractivity contribution in [1.82, 2.24) is 0 Å². The van der Waals surface area contributed by atoms with Gasteiger partial charge in [0.05, 0.1) is 12.7 Å². The summed E-state index contributed by atoms with van der Waals surface area (Å²) in [7, 11) is 0. The van der Waals surface area contributed by atoms with Crippen LogP contribution in [0.5, 0.6) is 0 Å². The molecular formula is C15H26O11. The molecule has 0 aromatic heterocycles. The molecule has 0 aliphatic rings. The number of aliphatic carboxylic acids is 3. The van der Waals surface area contributed by atoms with Crippen LogP contribution in [0.3, 0.4) is 0 Å². The Balaban J connectivity index is -0.000000125. The summed E-state index contributed by atoms with van der Waals surface area (Å²) in [6.07, 6.45) is -1.64. The molecule has 0 aromatic rings. The van der Waals surface area contributed by atoms with Gasteiger partial charge in [-0.1, -0.05) is 0 Å². The predicted molar refractivity (Wildman–Crippen MR) is 87.6 cm³/mol. The van der Waals surface area contributed by atoms with Gasteiger partial charge in [-0.2, -0.15) is 0 Å². The molecule has 11 nitrogen and oxygen atoms in total. The Hall–Kier alpha value is -2.66. The molecule has 0 saturated carbocycles. The first kappa shape index (κ1) is 31.1. The fourth-order valence-corrected chi connectivity index (χ4v) is 0.639. The van der Waals surface area contributed by atoms with Crippen LogP contribution in [0.1, 0.15) is 47.0 Å². The van der Waals surface area contributed by atoms with E-state index in [-0.39, 0.29) is 43.2 Å². The number of hydrogen-bond acceptors (Lipinski definition) is 8. The van der Waals surface area contributed by atoms with E-state index >= 15 is 0 Å². The number of Topliss-reactive ketones (excluding diaryl/α,β-unsaturated/α-hetero) is 3. The Labute approximate surface area is 150 Å². The number of carbonyl (C=O) groups excluding carboxylic acids is 3. The lowest BCUT2D eigenvalue weighted by atomic mass is 10.3. The van der Waals surface area contributed by atoms with Crippen molar-refractivity contribution < 1.29 is 54.3 Å². The van der Waals surface area contributed by atoms with Gasteiger partial charge in [0.25, 0.3) is 0 Å². The SMILES string of the molecule is CC(=O)CC(=O)O.CC(=O)CC(=O)O.CC(=O)CC(=O)O.CC(O)CO. The molecule has 11 heteroatoms. The van der Waals surface area contributed by atoms with Gasteiger partial charge < -0.3 is 25.5 Å². The number of hydrogen-bond donors (Lipinski definition) is 5. The zero-order valence-corrected chi connectivity index (χ0v) is 15.1. The lowest BCUT2D eigenvalue weighted by molar-refractivity contribution is -0.141. The molecule has 26 heavy (non-hydrogen) atoms. The summed E-state index contributed by atoms with van der Waals surface area (Å²) in [6, 6.07) is 0. The van der Waals surface area contributed by atoms with Crippen molar-refractivity contribution in [3.8, 4) is 0 Å². The molecule has 5 N–H and O–H groups in total. The Morgan fingerprint density at radius 2 is 0.808 bits per heavy atom. The second-order valence-corrected chi connectivity index (χ2v) is 4.85. The van der Waals surface area contributed by atoms with Crippen LogP contribution in [0.4, 0.5) is 0 Å². The molecule has 1 unspecified atom stereocenters. The molecule has 0 saturated heterocycles. The zero-order chi connectivity index (χ0) is 21.9. The lowest BCUT2D eigenvalue weighted by Crippen LogP contribution is -2.03. The molecule has 0 radical (unpaired) electrons. The molecular weight excluding hydrogens is 356 g/mol. The van der Waals surface area contributed by atoms with E-state index in [2.05, 4.69) is 0 Å². The molecule has 0 aliphatic heterocycles. The highest BCUT2D eigenvalue weighted by Crippen LogP contribution is 1.78. The Bertz CT molecular complexity index is 368. The van der Waals surface area contributed by atoms with Crippen molar-refractivity contribution >= 4 is 35.3 Å². The summed E-state index contributed by atoms with van der Waals surface area (Å²) < 4.78 is 0. The highest BCUT2D eigenvalue weighted by Gasteiger charge is 1.99. The van der Waals surface area contributed by atoms with Gasteiger partial charge in [0.2, 0.25) is 0 Å². The molecule has 1 atom stereocenters. The third kappa shape index (κ3) is 68.7. The zero-order valence-electron chi connectivity index (χ0n) is 15.1. The molecule has 0 bridgehead atoms. The predicted octanol–water partition coefficient (Wildman–Crippen LogP) is -0.490. The minimum absolute atomic E-state index is 0.139. The Morgan fingerprint density at radius 3 is 0.808 bits per heavy atom. The molecule has 0 spiro atoms. The van der Waals surface area contributed by atoms with E-state index in [0.29, 0.717) is 0 Å². The van der Waals surface area contributed by atoms with Crippen molar-refractivity contribution in [1.29, 1.82) is 0 Å². The largest absolute Gasteiger partial charge is 0.481 e. The topological polar surface area (TPSA) is 204 Å². The van der Waals surface area contributed by atoms with Gasteiger partial charge in [-0.15, -0.1) is 0 Å². The normalized spacial score (nSPS) is 9.46. The van der Waals surface area contributed by atoms with Gasteiger partial charge in [-0.3, -0.25) is 28.8 Å². The van der Waals surface area contributed by atoms with Crippen molar-refractivity contribution in [2.75, 3.05) is 6.61 Å². The molecule has 0 aliphatic carbocycles. The highest BCUT2D eigenvalue weighted by atomic mass is 16.4. The highest BCUT2D eigenvalue weighted by molar-refractivity contribution is 5.93. The number of carboxylic acid groups (broad SMARTS) is 3. The smallest absolute Gasteiger partial charge is 0.310 e. The number of aliphatic hydroxyl groups is 2. The van der Waals surface area contributed by atoms with Crippen LogP contribution in [-0.4, -0.2) is 73.5 Å². The Morgan fingerprint density at radius 1 is 0.654 bits per heavy atom. The van der Waals surface area contributed by atoms with Crippen LogP contribution in [0.2, 0.25) is 0 Å². The molecule has 152 valence electrons. The monoisotopic (exact) mass is 382 g/mol. The summed E-state index contributed by atoms with van der Waals surface area (Å²) in [4.78, 5) is 58.4. The summed E-state index contributed by atoms with van der Waals surface area (Å²) in [5.41, 5.74) is 0. The van der Waals surface area contributed by atoms with Crippen molar-refractivity contribution in [2.45, 2.75) is 53.1 Å². The van der Waals surface area contributed by atoms with Gasteiger partial charge >= 0.3 is 17.9 Å². The van der Waals surface area contributed by atoms with Crippen LogP contribution in [0.15, 0.2) is 0 Å². The van der Waals surface area contributed by atoms with Gasteiger partial charge in [0.15, 0.2) is 0 Å². The third-order valence-electron chi connectivity index (χ3n) is 1.46. The fourth-order valence-electron chi connectivity index (χ4n) is 0.639. The summed E-state index contributed by atoms with van der Waals surface area (Å²) >= 11 is 0. The van der Waals surface area contributed by atoms with Crippen LogP contribution in [0, 0.1) is 0 Å². The minimum Gasteiger partial charge on any atom is -0.481 e. The van der Waals surface area contributed by atoms with Crippen LogP contribution in [0.25, 0.3) is 0 Å². The van der Waals surface area contributed by atoms with Crippen molar-refractivity contribution in [2.24, 2.45) is 0 Å². The lowest BCUT2D eigenvalue weighted by Gasteiger charge is -1.90. The van der Waals surface area contributed by atoms with E-state index in [1.807, 2.05) is 0 Å². The minimum atomic E-state index is -1.06. The van der Waals surface area contributed by atoms with Crippen LogP contribution in [-0.2, 0) is 28.8 Å². The van der Waals surface area contributed by atoms with E-state index in [1.54, 1.807) is 0 Å². The van der Waals surface area contributed by atoms with E-state index in [4.69, 9.17) is 25.5 Å². The summed E-state index contributed by atoms with van der Waals surface area (Å²) in [5, 5.41) is 39.6. The average Bonchev–Trinajstić information content (AvgIpc) is 2.35. The fraction of sp³-hybridized carbons (Fsp3) is 0.600. The molecule has 0 fully saturated rings. The van der Waals surface area contributed by atoms with Crippen LogP contribution >= 0.6 is 0 Å². The van der Waals surface area contributed by atoms with Gasteiger partial charge in [-0.25, -0.2) is 0 Å². The van der Waals surface area contributed by atoms with Crippen LogP contribution < -0.4 is 0 Å². The second kappa shape index (κ2) is 20.4. The van der Waals surface area contributed by atoms with E-state index in [9.17, 15) is 28.8 Å². The number of aliphatic hydroxyl groups excluding tert-OH is 2. The molecule has 0 amide bonds. The van der Waals surface area contributed by atoms with E-state index in [0.717, 1.165) is 0 Å². The number of ketones is 3. The second-order valence-electron chi connectivity index (χ2n) is 4.85. The van der Waals surface area contributed by atoms with Crippen molar-refractivity contribution in [3.63, 3.8) is 0 Å². The summed E-state index contributed by atoms with van der Waals surface area (Å²) in [5.74, 6) is -4.12. The maximum Gasteiger partial charge on any atom is 0.310 e. The Kier molecular flexibility index (Phi) is 24.4. The third-order valence-corrected chi connectivity index (χ3v) is 1.46. The first-order valence-corrected chi connectivity index (χ1v) is 7.08. The van der Waals surface area contributed by atoms with Gasteiger partial charge in [-0.05, 0) is 27.7 Å². The quantitative estimate of drug-likeness (QED) is 0.355. The standard InChI is InChI=1S/3C4H6O3.C3H8O2/c3*1-3(5)2-4(6)7;1-3(5)2-4/h3*2H2,1H3,(H,6,7);3-5H,2H2,1H3. The molecule has 0 heterocycles. The maximum atomic E-state index is 9.87. The first-order chi connectivity index (χ1) is 11.6. The first-order valence-electron chi connectivity index (χ1n) is 7.08. The number of carbonyl (C=O) groups is 6. The van der Waals surface area contributed by atoms with Crippen molar-refractivity contribution in [3.05, 3.63) is 0 Å². The van der Waals surface area contributed by atoms with E-state index < -0.39 is 24.0 Å². The van der Waals surface area contributed by atoms with Gasteiger partial charge in [0, 0.05) is 0 Å². The van der Waals surface area contributed by atoms with Gasteiger partial charge in [0.1, 0.15) is 36.6 Å². The average molecular weight is 382 g/mol. The molecule has 0 aromatic carbocycles. The molecule has 0 rings (SSSR count). The summed E-state index contributed by atoms with van der Waals surface area (Å²) in [6.45, 7) is 5.12. The van der Waals surface area contributed by atoms with E-state index in [1.165, 1.54) is 27.7 Å². The number of carboxylic acids is 3. The maximum absolute atomic E-state index is 9.87.